The van der Waals surface area contributed by atoms with Crippen LogP contribution in [0.5, 0.6) is 0 Å². The summed E-state index contributed by atoms with van der Waals surface area (Å²) in [7, 11) is 0. The Morgan fingerprint density at radius 1 is 1.06 bits per heavy atom. The first-order valence-corrected chi connectivity index (χ1v) is 5.17. The van der Waals surface area contributed by atoms with Gasteiger partial charge in [-0.2, -0.15) is 0 Å². The maximum Gasteiger partial charge on any atom is 0.0608 e. The molecule has 0 aliphatic heterocycles. The molecule has 0 aromatic heterocycles. The minimum Gasteiger partial charge on any atom is -0.733 e. The lowest BCUT2D eigenvalue weighted by Crippen LogP contribution is -2.08. The Kier molecular flexibility index (Phi) is 1.83. The Hall–Kier alpha value is -1.78. The minimum absolute atomic E-state index is 0.114. The van der Waals surface area contributed by atoms with Crippen LogP contribution >= 0.6 is 0 Å². The lowest BCUT2D eigenvalue weighted by Gasteiger charge is -2.24. The highest BCUT2D eigenvalue weighted by Gasteiger charge is 2.17. The number of nitrogens with two attached hydrogens (primary N) is 1. The van der Waals surface area contributed by atoms with Gasteiger partial charge in [0, 0.05) is 11.1 Å². The molecule has 82 valence electrons. The van der Waals surface area contributed by atoms with E-state index in [1.807, 2.05) is 12.1 Å². The molecule has 0 amide bonds. The molecule has 0 radical (unpaired) electrons. The third-order valence-electron chi connectivity index (χ3n) is 3.21. The second kappa shape index (κ2) is 3.10. The van der Waals surface area contributed by atoms with E-state index >= 15 is 0 Å². The normalized spacial score (nSPS) is 13.4. The fraction of sp³-hybridized carbons (Fsp3) is 0.167. The van der Waals surface area contributed by atoms with E-state index in [-0.39, 0.29) is 10.9 Å². The van der Waals surface area contributed by atoms with Crippen molar-refractivity contribution in [2.24, 2.45) is 0 Å². The molecule has 1 aliphatic carbocycles. The summed E-state index contributed by atoms with van der Waals surface area (Å²) in [6, 6.07) is 7.29. The molecule has 0 saturated heterocycles. The molecule has 16 heavy (non-hydrogen) atoms. The largest absolute Gasteiger partial charge is 0.733 e. The SMILES string of the molecule is Nc1ccc2c3c(ccc(N([O-])O)c13)CC2. The Balaban J connectivity index is 2.49. The minimum atomic E-state index is -0.114. The zero-order chi connectivity index (χ0) is 11.3. The summed E-state index contributed by atoms with van der Waals surface area (Å²) in [4.78, 5) is 0. The van der Waals surface area contributed by atoms with Gasteiger partial charge in [-0.3, -0.25) is 5.21 Å². The van der Waals surface area contributed by atoms with Gasteiger partial charge in [-0.15, -0.1) is 0 Å². The van der Waals surface area contributed by atoms with Gasteiger partial charge < -0.3 is 16.2 Å². The standard InChI is InChI=1S/C12H11N2O2/c13-9-5-3-7-1-2-8-4-6-10(14(15)16)12(9)11(7)8/h3-6,15H,1-2,13H2/q-1. The highest BCUT2D eigenvalue weighted by Crippen LogP contribution is 2.39. The molecule has 0 fully saturated rings. The molecular weight excluding hydrogens is 204 g/mol. The van der Waals surface area contributed by atoms with E-state index in [1.165, 1.54) is 11.1 Å². The molecule has 0 heterocycles. The van der Waals surface area contributed by atoms with Gasteiger partial charge in [-0.25, -0.2) is 0 Å². The van der Waals surface area contributed by atoms with Crippen molar-refractivity contribution in [2.45, 2.75) is 12.8 Å². The summed E-state index contributed by atoms with van der Waals surface area (Å²) in [6.45, 7) is 0. The highest BCUT2D eigenvalue weighted by molar-refractivity contribution is 6.06. The van der Waals surface area contributed by atoms with Crippen molar-refractivity contribution >= 4 is 22.1 Å². The van der Waals surface area contributed by atoms with Crippen molar-refractivity contribution in [1.29, 1.82) is 0 Å². The maximum atomic E-state index is 11.1. The summed E-state index contributed by atoms with van der Waals surface area (Å²) >= 11 is 0. The van der Waals surface area contributed by atoms with Crippen LogP contribution in [0.1, 0.15) is 11.1 Å². The van der Waals surface area contributed by atoms with Gasteiger partial charge in [0.15, 0.2) is 0 Å². The van der Waals surface area contributed by atoms with E-state index in [1.54, 1.807) is 12.1 Å². The van der Waals surface area contributed by atoms with E-state index in [0.717, 1.165) is 18.2 Å². The van der Waals surface area contributed by atoms with Gasteiger partial charge in [0.05, 0.1) is 5.69 Å². The van der Waals surface area contributed by atoms with Gasteiger partial charge in [-0.1, -0.05) is 12.1 Å². The van der Waals surface area contributed by atoms with Crippen LogP contribution in [0.15, 0.2) is 24.3 Å². The average molecular weight is 215 g/mol. The quantitative estimate of drug-likeness (QED) is 0.565. The summed E-state index contributed by atoms with van der Waals surface area (Å²) in [5.74, 6) is 0. The first kappa shape index (κ1) is 9.45. The van der Waals surface area contributed by atoms with Gasteiger partial charge in [-0.05, 0) is 41.5 Å². The van der Waals surface area contributed by atoms with Crippen molar-refractivity contribution in [2.75, 3.05) is 11.0 Å². The predicted octanol–water partition coefficient (Wildman–Crippen LogP) is 2.21. The third-order valence-corrected chi connectivity index (χ3v) is 3.21. The fourth-order valence-corrected chi connectivity index (χ4v) is 2.50. The predicted molar refractivity (Wildman–Crippen MR) is 63.4 cm³/mol. The van der Waals surface area contributed by atoms with E-state index in [9.17, 15) is 5.21 Å². The maximum absolute atomic E-state index is 11.1. The number of hydrogen-bond donors (Lipinski definition) is 2. The summed E-state index contributed by atoms with van der Waals surface area (Å²) in [5, 5.41) is 21.7. The molecule has 0 atom stereocenters. The van der Waals surface area contributed by atoms with Crippen molar-refractivity contribution < 1.29 is 5.21 Å². The molecule has 2 aromatic rings. The molecule has 3 N–H and O–H groups in total. The first-order chi connectivity index (χ1) is 7.68. The molecule has 0 saturated carbocycles. The van der Waals surface area contributed by atoms with E-state index in [4.69, 9.17) is 10.9 Å². The monoisotopic (exact) mass is 215 g/mol. The number of nitrogens with zero attached hydrogens (tertiary/aromatic N) is 1. The third kappa shape index (κ3) is 1.11. The van der Waals surface area contributed by atoms with Crippen LogP contribution in [0.4, 0.5) is 11.4 Å². The van der Waals surface area contributed by atoms with Gasteiger partial charge >= 0.3 is 0 Å². The van der Waals surface area contributed by atoms with E-state index in [0.29, 0.717) is 11.1 Å². The second-order valence-corrected chi connectivity index (χ2v) is 4.08. The van der Waals surface area contributed by atoms with Crippen LogP contribution in [-0.4, -0.2) is 5.21 Å². The Bertz CT molecular complexity index is 568. The van der Waals surface area contributed by atoms with E-state index in [2.05, 4.69) is 0 Å². The topological polar surface area (TPSA) is 72.5 Å². The van der Waals surface area contributed by atoms with Crippen LogP contribution in [0.3, 0.4) is 0 Å². The average Bonchev–Trinajstić information content (AvgIpc) is 2.67. The number of nitrogen functional groups attached to an aromatic ring is 1. The molecule has 0 unspecified atom stereocenters. The Labute approximate surface area is 92.4 Å². The molecule has 4 heteroatoms. The van der Waals surface area contributed by atoms with Crippen LogP contribution in [-0.2, 0) is 12.8 Å². The molecule has 0 bridgehead atoms. The molecule has 2 aromatic carbocycles. The smallest absolute Gasteiger partial charge is 0.0608 e. The number of aryl methyl sites for hydroxylation is 2. The zero-order valence-corrected chi connectivity index (χ0v) is 8.60. The van der Waals surface area contributed by atoms with Crippen LogP contribution in [0, 0.1) is 5.21 Å². The van der Waals surface area contributed by atoms with Crippen molar-refractivity contribution in [3.05, 3.63) is 40.6 Å². The molecule has 1 aliphatic rings. The van der Waals surface area contributed by atoms with Crippen molar-refractivity contribution in [1.82, 2.24) is 0 Å². The fourth-order valence-electron chi connectivity index (χ4n) is 2.50. The lowest BCUT2D eigenvalue weighted by atomic mass is 10.0. The van der Waals surface area contributed by atoms with Gasteiger partial charge in [0.25, 0.3) is 0 Å². The molecule has 3 rings (SSSR count). The van der Waals surface area contributed by atoms with Crippen LogP contribution in [0.2, 0.25) is 0 Å². The Morgan fingerprint density at radius 2 is 1.69 bits per heavy atom. The molecule has 4 nitrogen and oxygen atoms in total. The van der Waals surface area contributed by atoms with Crippen LogP contribution in [0.25, 0.3) is 10.8 Å². The Morgan fingerprint density at radius 3 is 2.31 bits per heavy atom. The second-order valence-electron chi connectivity index (χ2n) is 4.08. The summed E-state index contributed by atoms with van der Waals surface area (Å²) < 4.78 is 0. The molecule has 0 spiro atoms. The van der Waals surface area contributed by atoms with Crippen molar-refractivity contribution in [3.8, 4) is 0 Å². The lowest BCUT2D eigenvalue weighted by molar-refractivity contribution is 0.297. The van der Waals surface area contributed by atoms with Crippen molar-refractivity contribution in [3.63, 3.8) is 0 Å². The van der Waals surface area contributed by atoms with Gasteiger partial charge in [0.1, 0.15) is 0 Å². The molecular formula is C12H11N2O2-. The number of benzene rings is 2. The van der Waals surface area contributed by atoms with Crippen LogP contribution < -0.4 is 11.0 Å². The number of hydrogen-bond acceptors (Lipinski definition) is 4. The van der Waals surface area contributed by atoms with Gasteiger partial charge in [0.2, 0.25) is 0 Å². The number of anilines is 2. The summed E-state index contributed by atoms with van der Waals surface area (Å²) in [5.41, 5.74) is 9.03. The number of rotatable bonds is 1. The first-order valence-electron chi connectivity index (χ1n) is 5.17. The zero-order valence-electron chi connectivity index (χ0n) is 8.60. The van der Waals surface area contributed by atoms with E-state index < -0.39 is 0 Å². The highest BCUT2D eigenvalue weighted by atomic mass is 16.8. The summed E-state index contributed by atoms with van der Waals surface area (Å²) in [6.07, 6.45) is 1.94.